The van der Waals surface area contributed by atoms with Crippen LogP contribution in [0.2, 0.25) is 0 Å². The first-order valence-electron chi connectivity index (χ1n) is 8.68. The smallest absolute Gasteiger partial charge is 0.264 e. The van der Waals surface area contributed by atoms with Gasteiger partial charge in [0.25, 0.3) is 10.0 Å². The van der Waals surface area contributed by atoms with Crippen LogP contribution in [0.25, 0.3) is 0 Å². The van der Waals surface area contributed by atoms with Gasteiger partial charge in [0.15, 0.2) is 0 Å². The number of sulfonamides is 1. The van der Waals surface area contributed by atoms with Crippen LogP contribution in [-0.4, -0.2) is 14.3 Å². The van der Waals surface area contributed by atoms with Gasteiger partial charge in [-0.05, 0) is 50.7 Å². The lowest BCUT2D eigenvalue weighted by Gasteiger charge is -2.23. The zero-order valence-electron chi connectivity index (χ0n) is 14.4. The number of carbonyl (C=O) groups is 1. The lowest BCUT2D eigenvalue weighted by molar-refractivity contribution is -0.119. The summed E-state index contributed by atoms with van der Waals surface area (Å²) in [6.45, 7) is 6.04. The van der Waals surface area contributed by atoms with Gasteiger partial charge in [0.05, 0.1) is 4.90 Å². The van der Waals surface area contributed by atoms with Gasteiger partial charge in [0, 0.05) is 6.42 Å². The molecule has 0 heterocycles. The van der Waals surface area contributed by atoms with Crippen molar-refractivity contribution in [3.8, 4) is 0 Å². The van der Waals surface area contributed by atoms with Crippen LogP contribution in [0, 0.1) is 12.8 Å². The molecule has 1 aromatic carbocycles. The van der Waals surface area contributed by atoms with Crippen LogP contribution in [0.3, 0.4) is 0 Å². The molecule has 2 rings (SSSR count). The molecule has 0 saturated heterocycles. The number of hydrogen-bond acceptors (Lipinski definition) is 3. The van der Waals surface area contributed by atoms with Gasteiger partial charge in [-0.25, -0.2) is 13.1 Å². The van der Waals surface area contributed by atoms with Crippen molar-refractivity contribution < 1.29 is 13.2 Å². The van der Waals surface area contributed by atoms with E-state index in [9.17, 15) is 13.2 Å². The lowest BCUT2D eigenvalue weighted by Crippen LogP contribution is -2.30. The molecule has 4 nitrogen and oxygen atoms in total. The Morgan fingerprint density at radius 2 is 1.75 bits per heavy atom. The molecule has 0 spiro atoms. The van der Waals surface area contributed by atoms with Crippen LogP contribution < -0.4 is 4.72 Å². The van der Waals surface area contributed by atoms with Gasteiger partial charge in [-0.1, -0.05) is 49.1 Å². The molecule has 0 bridgehead atoms. The monoisotopic (exact) mass is 349 g/mol. The molecular weight excluding hydrogens is 322 g/mol. The first-order valence-corrected chi connectivity index (χ1v) is 10.2. The zero-order valence-corrected chi connectivity index (χ0v) is 15.2. The highest BCUT2D eigenvalue weighted by Gasteiger charge is 2.19. The van der Waals surface area contributed by atoms with Crippen molar-refractivity contribution in [2.75, 3.05) is 0 Å². The van der Waals surface area contributed by atoms with Gasteiger partial charge in [-0.15, -0.1) is 0 Å². The number of aryl methyl sites for hydroxylation is 1. The van der Waals surface area contributed by atoms with Crippen molar-refractivity contribution >= 4 is 15.9 Å². The lowest BCUT2D eigenvalue weighted by atomic mass is 9.83. The average molecular weight is 349 g/mol. The molecule has 1 amide bonds. The number of nitrogens with one attached hydrogen (secondary N) is 1. The Kier molecular flexibility index (Phi) is 6.60. The fourth-order valence-corrected chi connectivity index (χ4v) is 4.18. The maximum absolute atomic E-state index is 12.1. The summed E-state index contributed by atoms with van der Waals surface area (Å²) in [5.41, 5.74) is 2.19. The van der Waals surface area contributed by atoms with Crippen molar-refractivity contribution in [1.82, 2.24) is 4.72 Å². The maximum atomic E-state index is 12.1. The first kappa shape index (κ1) is 18.7. The molecule has 5 heteroatoms. The highest BCUT2D eigenvalue weighted by molar-refractivity contribution is 7.90. The minimum absolute atomic E-state index is 0.119. The number of rotatable bonds is 7. The highest BCUT2D eigenvalue weighted by atomic mass is 32.2. The second kappa shape index (κ2) is 8.47. The van der Waals surface area contributed by atoms with Crippen molar-refractivity contribution in [2.45, 2.75) is 63.2 Å². The molecule has 1 N–H and O–H groups in total. The fourth-order valence-electron chi connectivity index (χ4n) is 3.17. The summed E-state index contributed by atoms with van der Waals surface area (Å²) in [4.78, 5) is 12.1. The molecule has 1 fully saturated rings. The van der Waals surface area contributed by atoms with Crippen LogP contribution in [-0.2, 0) is 14.8 Å². The van der Waals surface area contributed by atoms with Crippen molar-refractivity contribution in [3.05, 3.63) is 42.0 Å². The molecular formula is C19H27NO3S. The van der Waals surface area contributed by atoms with E-state index in [0.29, 0.717) is 12.3 Å². The van der Waals surface area contributed by atoms with Gasteiger partial charge in [-0.3, -0.25) is 4.79 Å². The minimum atomic E-state index is -3.77. The van der Waals surface area contributed by atoms with Crippen molar-refractivity contribution in [3.63, 3.8) is 0 Å². The summed E-state index contributed by atoms with van der Waals surface area (Å²) < 4.78 is 26.4. The van der Waals surface area contributed by atoms with E-state index in [1.165, 1.54) is 49.8 Å². The van der Waals surface area contributed by atoms with E-state index in [1.807, 2.05) is 6.92 Å². The molecule has 0 radical (unpaired) electrons. The zero-order chi connectivity index (χ0) is 17.6. The molecule has 0 unspecified atom stereocenters. The van der Waals surface area contributed by atoms with E-state index in [2.05, 4.69) is 11.3 Å². The summed E-state index contributed by atoms with van der Waals surface area (Å²) in [6, 6.07) is 6.45. The summed E-state index contributed by atoms with van der Waals surface area (Å²) >= 11 is 0. The number of benzene rings is 1. The van der Waals surface area contributed by atoms with E-state index in [-0.39, 0.29) is 11.3 Å². The topological polar surface area (TPSA) is 63.2 Å². The third-order valence-corrected chi connectivity index (χ3v) is 6.05. The molecule has 1 aliphatic rings. The van der Waals surface area contributed by atoms with Crippen molar-refractivity contribution in [1.29, 1.82) is 0 Å². The van der Waals surface area contributed by atoms with Crippen LogP contribution >= 0.6 is 0 Å². The van der Waals surface area contributed by atoms with Gasteiger partial charge in [0.2, 0.25) is 5.91 Å². The number of amides is 1. The van der Waals surface area contributed by atoms with Gasteiger partial charge < -0.3 is 0 Å². The van der Waals surface area contributed by atoms with Crippen LogP contribution in [0.5, 0.6) is 0 Å². The predicted molar refractivity (Wildman–Crippen MR) is 96.1 cm³/mol. The second-order valence-electron chi connectivity index (χ2n) is 6.69. The van der Waals surface area contributed by atoms with Gasteiger partial charge in [-0.2, -0.15) is 0 Å². The van der Waals surface area contributed by atoms with Gasteiger partial charge >= 0.3 is 0 Å². The van der Waals surface area contributed by atoms with E-state index in [4.69, 9.17) is 0 Å². The third-order valence-electron chi connectivity index (χ3n) is 4.66. The van der Waals surface area contributed by atoms with Crippen LogP contribution in [0.15, 0.2) is 41.3 Å². The number of hydrogen-bond donors (Lipinski definition) is 1. The van der Waals surface area contributed by atoms with E-state index in [0.717, 1.165) is 12.0 Å². The second-order valence-corrected chi connectivity index (χ2v) is 8.37. The van der Waals surface area contributed by atoms with Crippen molar-refractivity contribution in [2.24, 2.45) is 5.92 Å². The molecule has 0 aromatic heterocycles. The molecule has 1 aliphatic carbocycles. The molecule has 1 saturated carbocycles. The normalized spacial score (nSPS) is 15.9. The SMILES string of the molecule is C=C(CCCC(=O)NS(=O)(=O)c1ccc(C)cc1)C1CCCCC1. The van der Waals surface area contributed by atoms with Gasteiger partial charge in [0.1, 0.15) is 0 Å². The standard InChI is InChI=1S/C19H27NO3S/c1-15-11-13-18(14-12-15)24(22,23)20-19(21)10-6-7-16(2)17-8-4-3-5-9-17/h11-14,17H,2-10H2,1H3,(H,20,21). The average Bonchev–Trinajstić information content (AvgIpc) is 2.55. The Morgan fingerprint density at radius 1 is 1.12 bits per heavy atom. The highest BCUT2D eigenvalue weighted by Crippen LogP contribution is 2.31. The van der Waals surface area contributed by atoms with Crippen LogP contribution in [0.1, 0.15) is 56.9 Å². The summed E-state index contributed by atoms with van der Waals surface area (Å²) in [5, 5.41) is 0. The Hall–Kier alpha value is -1.62. The third kappa shape index (κ3) is 5.48. The molecule has 0 aliphatic heterocycles. The van der Waals surface area contributed by atoms with E-state index in [1.54, 1.807) is 12.1 Å². The first-order chi connectivity index (χ1) is 11.4. The Bertz CT molecular complexity index is 671. The summed E-state index contributed by atoms with van der Waals surface area (Å²) in [5.74, 6) is 0.130. The van der Waals surface area contributed by atoms with E-state index >= 15 is 0 Å². The Morgan fingerprint density at radius 3 is 2.38 bits per heavy atom. The Labute approximate surface area is 145 Å². The maximum Gasteiger partial charge on any atom is 0.264 e. The predicted octanol–water partition coefficient (Wildman–Crippen LogP) is 4.11. The molecule has 0 atom stereocenters. The number of carbonyl (C=O) groups excluding carboxylic acids is 1. The molecule has 1 aromatic rings. The largest absolute Gasteiger partial charge is 0.274 e. The fraction of sp³-hybridized carbons (Fsp3) is 0.526. The minimum Gasteiger partial charge on any atom is -0.274 e. The summed E-state index contributed by atoms with van der Waals surface area (Å²) in [7, 11) is -3.77. The quantitative estimate of drug-likeness (QED) is 0.754. The molecule has 132 valence electrons. The Balaban J connectivity index is 1.78. The number of allylic oxidation sites excluding steroid dienone is 1. The molecule has 24 heavy (non-hydrogen) atoms. The van der Waals surface area contributed by atoms with E-state index < -0.39 is 15.9 Å². The summed E-state index contributed by atoms with van der Waals surface area (Å²) in [6.07, 6.45) is 7.88. The van der Waals surface area contributed by atoms with Crippen LogP contribution in [0.4, 0.5) is 0 Å².